The highest BCUT2D eigenvalue weighted by Gasteiger charge is 2.55. The van der Waals surface area contributed by atoms with Gasteiger partial charge in [-0.2, -0.15) is 0 Å². The number of hydrogen-bond donors (Lipinski definition) is 0. The Morgan fingerprint density at radius 1 is 1.04 bits per heavy atom. The summed E-state index contributed by atoms with van der Waals surface area (Å²) in [5.41, 5.74) is 5.34. The highest BCUT2D eigenvalue weighted by Crippen LogP contribution is 2.65. The molecule has 0 bridgehead atoms. The molecule has 0 saturated heterocycles. The van der Waals surface area contributed by atoms with E-state index in [9.17, 15) is 0 Å². The molecule has 0 radical (unpaired) electrons. The first-order chi connectivity index (χ1) is 12.1. The number of aromatic nitrogens is 1. The van der Waals surface area contributed by atoms with Crippen molar-refractivity contribution in [2.75, 3.05) is 0 Å². The molecular weight excluding hydrogens is 302 g/mol. The molecule has 1 nitrogen and oxygen atoms in total. The quantitative estimate of drug-likeness (QED) is 0.596. The van der Waals surface area contributed by atoms with Crippen LogP contribution >= 0.6 is 0 Å². The second-order valence-corrected chi connectivity index (χ2v) is 9.18. The smallest absolute Gasteiger partial charge is 0.0343 e. The van der Waals surface area contributed by atoms with Crippen LogP contribution in [0, 0.1) is 28.6 Å². The first-order valence-electron chi connectivity index (χ1n) is 10.1. The van der Waals surface area contributed by atoms with Crippen molar-refractivity contribution in [2.24, 2.45) is 28.6 Å². The molecule has 0 N–H and O–H groups in total. The molecular formula is C24H29N. The highest BCUT2D eigenvalue weighted by atomic mass is 14.6. The second kappa shape index (κ2) is 5.43. The van der Waals surface area contributed by atoms with Gasteiger partial charge in [0, 0.05) is 12.4 Å². The SMILES string of the molecule is CC12CCC=CC1=CCC1C2CC[C@]2(C)C(c3cccnc3)=CCC12. The molecule has 25 heavy (non-hydrogen) atoms. The van der Waals surface area contributed by atoms with Crippen LogP contribution in [0.1, 0.15) is 57.9 Å². The molecule has 0 spiro atoms. The van der Waals surface area contributed by atoms with Crippen molar-refractivity contribution in [3.05, 3.63) is 60.0 Å². The molecule has 130 valence electrons. The van der Waals surface area contributed by atoms with E-state index in [1.807, 2.05) is 6.20 Å². The summed E-state index contributed by atoms with van der Waals surface area (Å²) in [5.74, 6) is 2.53. The van der Waals surface area contributed by atoms with Crippen LogP contribution in [0.25, 0.3) is 5.57 Å². The summed E-state index contributed by atoms with van der Waals surface area (Å²) in [5, 5.41) is 0. The molecule has 1 saturated carbocycles. The van der Waals surface area contributed by atoms with E-state index in [0.717, 1.165) is 17.8 Å². The zero-order valence-corrected chi connectivity index (χ0v) is 15.5. The van der Waals surface area contributed by atoms with E-state index in [1.54, 1.807) is 11.1 Å². The molecule has 4 aliphatic carbocycles. The van der Waals surface area contributed by atoms with Crippen molar-refractivity contribution in [1.29, 1.82) is 0 Å². The van der Waals surface area contributed by atoms with Gasteiger partial charge in [0.05, 0.1) is 0 Å². The third-order valence-corrected chi connectivity index (χ3v) is 8.21. The zero-order valence-electron chi connectivity index (χ0n) is 15.5. The molecule has 5 atom stereocenters. The molecule has 1 aromatic heterocycles. The van der Waals surface area contributed by atoms with E-state index < -0.39 is 0 Å². The van der Waals surface area contributed by atoms with Crippen molar-refractivity contribution in [3.63, 3.8) is 0 Å². The summed E-state index contributed by atoms with van der Waals surface area (Å²) >= 11 is 0. The van der Waals surface area contributed by atoms with E-state index >= 15 is 0 Å². The summed E-state index contributed by atoms with van der Waals surface area (Å²) in [6.45, 7) is 5.11. The largest absolute Gasteiger partial charge is 0.264 e. The Labute approximate surface area is 151 Å². The van der Waals surface area contributed by atoms with Gasteiger partial charge in [0.25, 0.3) is 0 Å². The van der Waals surface area contributed by atoms with E-state index in [4.69, 9.17) is 0 Å². The fourth-order valence-corrected chi connectivity index (χ4v) is 6.84. The summed E-state index contributed by atoms with van der Waals surface area (Å²) in [6.07, 6.45) is 21.8. The third kappa shape index (κ3) is 2.11. The number of nitrogens with zero attached hydrogens (tertiary/aromatic N) is 1. The standard InChI is InChI=1S/C24H29N/c1-23-13-4-3-7-18(23)8-9-19-21-11-10-20(17-6-5-15-25-16-17)24(21,2)14-12-22(19)23/h3,5-8,10,15-16,19,21-22H,4,9,11-14H2,1-2H3/t19?,21?,22?,23?,24-/m1/s1. The van der Waals surface area contributed by atoms with Crippen LogP contribution in [0.15, 0.2) is 54.4 Å². The van der Waals surface area contributed by atoms with Gasteiger partial charge in [-0.05, 0) is 89.9 Å². The lowest BCUT2D eigenvalue weighted by Crippen LogP contribution is -2.48. The Morgan fingerprint density at radius 3 is 2.80 bits per heavy atom. The minimum Gasteiger partial charge on any atom is -0.264 e. The lowest BCUT2D eigenvalue weighted by molar-refractivity contribution is -0.00168. The van der Waals surface area contributed by atoms with Crippen molar-refractivity contribution >= 4 is 5.57 Å². The highest BCUT2D eigenvalue weighted by molar-refractivity contribution is 5.72. The maximum atomic E-state index is 4.39. The number of pyridine rings is 1. The van der Waals surface area contributed by atoms with E-state index in [1.165, 1.54) is 44.1 Å². The lowest BCUT2D eigenvalue weighted by Gasteiger charge is -2.56. The van der Waals surface area contributed by atoms with Crippen LogP contribution in [0.3, 0.4) is 0 Å². The van der Waals surface area contributed by atoms with Crippen LogP contribution < -0.4 is 0 Å². The van der Waals surface area contributed by atoms with Gasteiger partial charge in [0.1, 0.15) is 0 Å². The van der Waals surface area contributed by atoms with Crippen molar-refractivity contribution in [2.45, 2.75) is 52.4 Å². The van der Waals surface area contributed by atoms with Gasteiger partial charge in [-0.25, -0.2) is 0 Å². The third-order valence-electron chi connectivity index (χ3n) is 8.21. The first-order valence-corrected chi connectivity index (χ1v) is 10.1. The molecule has 4 unspecified atom stereocenters. The van der Waals surface area contributed by atoms with Crippen LogP contribution in [0.5, 0.6) is 0 Å². The van der Waals surface area contributed by atoms with Gasteiger partial charge in [-0.1, -0.05) is 44.2 Å². The van der Waals surface area contributed by atoms with Crippen LogP contribution in [0.2, 0.25) is 0 Å². The zero-order chi connectivity index (χ0) is 17.1. The van der Waals surface area contributed by atoms with Crippen LogP contribution in [-0.4, -0.2) is 4.98 Å². The Balaban J connectivity index is 1.51. The summed E-state index contributed by atoms with van der Waals surface area (Å²) in [6, 6.07) is 4.34. The number of fused-ring (bicyclic) bond motifs is 5. The van der Waals surface area contributed by atoms with E-state index in [0.29, 0.717) is 10.8 Å². The maximum absolute atomic E-state index is 4.39. The van der Waals surface area contributed by atoms with Gasteiger partial charge in [0.2, 0.25) is 0 Å². The maximum Gasteiger partial charge on any atom is 0.0343 e. The fraction of sp³-hybridized carbons (Fsp3) is 0.542. The van der Waals surface area contributed by atoms with E-state index in [-0.39, 0.29) is 0 Å². The average Bonchev–Trinajstić information content (AvgIpc) is 2.99. The number of allylic oxidation sites excluding steroid dienone is 6. The molecule has 0 aromatic carbocycles. The Morgan fingerprint density at radius 2 is 1.96 bits per heavy atom. The monoisotopic (exact) mass is 331 g/mol. The number of hydrogen-bond acceptors (Lipinski definition) is 1. The molecule has 0 amide bonds. The summed E-state index contributed by atoms with van der Waals surface area (Å²) in [4.78, 5) is 4.39. The molecule has 1 heterocycles. The normalized spacial score (nSPS) is 42.1. The molecule has 1 aromatic rings. The second-order valence-electron chi connectivity index (χ2n) is 9.18. The van der Waals surface area contributed by atoms with Gasteiger partial charge < -0.3 is 0 Å². The summed E-state index contributed by atoms with van der Waals surface area (Å²) in [7, 11) is 0. The van der Waals surface area contributed by atoms with E-state index in [2.05, 4.69) is 61.5 Å². The van der Waals surface area contributed by atoms with Crippen LogP contribution in [-0.2, 0) is 0 Å². The van der Waals surface area contributed by atoms with Gasteiger partial charge in [-0.3, -0.25) is 4.98 Å². The minimum atomic E-state index is 0.344. The van der Waals surface area contributed by atoms with Crippen molar-refractivity contribution in [3.8, 4) is 0 Å². The van der Waals surface area contributed by atoms with Gasteiger partial charge in [-0.15, -0.1) is 0 Å². The minimum absolute atomic E-state index is 0.344. The van der Waals surface area contributed by atoms with Crippen molar-refractivity contribution in [1.82, 2.24) is 4.98 Å². The Bertz CT molecular complexity index is 771. The summed E-state index contributed by atoms with van der Waals surface area (Å²) < 4.78 is 0. The Hall–Kier alpha value is -1.63. The Kier molecular flexibility index (Phi) is 3.39. The van der Waals surface area contributed by atoms with Gasteiger partial charge >= 0.3 is 0 Å². The molecule has 1 heteroatoms. The molecule has 0 aliphatic heterocycles. The number of rotatable bonds is 1. The molecule has 1 fully saturated rings. The first kappa shape index (κ1) is 15.6. The predicted molar refractivity (Wildman–Crippen MR) is 104 cm³/mol. The molecule has 4 aliphatic rings. The average molecular weight is 332 g/mol. The van der Waals surface area contributed by atoms with Crippen LogP contribution in [0.4, 0.5) is 0 Å². The topological polar surface area (TPSA) is 12.9 Å². The predicted octanol–water partition coefficient (Wildman–Crippen LogP) is 6.20. The fourth-order valence-electron chi connectivity index (χ4n) is 6.84. The molecule has 5 rings (SSSR count). The van der Waals surface area contributed by atoms with Gasteiger partial charge in [0.15, 0.2) is 0 Å². The lowest BCUT2D eigenvalue weighted by atomic mass is 9.48. The van der Waals surface area contributed by atoms with Crippen molar-refractivity contribution < 1.29 is 0 Å².